The first-order chi connectivity index (χ1) is 19.0. The number of hydrogen-bond donors (Lipinski definition) is 2. The highest BCUT2D eigenvalue weighted by molar-refractivity contribution is 5.99. The number of hydrogen-bond acceptors (Lipinski definition) is 7. The van der Waals surface area contributed by atoms with E-state index in [1.54, 1.807) is 14.0 Å². The smallest absolute Gasteiger partial charge is 0.308 e. The molecule has 0 aliphatic heterocycles. The Bertz CT molecular complexity index is 1100. The Balaban J connectivity index is 0.000000985. The molecule has 1 aromatic carbocycles. The molecule has 1 heterocycles. The summed E-state index contributed by atoms with van der Waals surface area (Å²) in [6.45, 7) is 19.5. The molecule has 1 unspecified atom stereocenters. The maximum absolute atomic E-state index is 12.5. The molecule has 0 bridgehead atoms. The fourth-order valence-corrected chi connectivity index (χ4v) is 3.65. The van der Waals surface area contributed by atoms with Crippen LogP contribution in [0.25, 0.3) is 16.6 Å². The summed E-state index contributed by atoms with van der Waals surface area (Å²) in [5, 5.41) is 8.79. The highest BCUT2D eigenvalue weighted by Crippen LogP contribution is 2.25. The van der Waals surface area contributed by atoms with Crippen LogP contribution < -0.4 is 5.73 Å². The number of nitrogens with two attached hydrogens (primary N) is 1. The largest absolute Gasteiger partial charge is 0.465 e. The molecule has 2 aromatic rings. The molecule has 0 spiro atoms. The van der Waals surface area contributed by atoms with Gasteiger partial charge in [0.15, 0.2) is 5.78 Å². The summed E-state index contributed by atoms with van der Waals surface area (Å²) in [5.74, 6) is 1.08. The Hall–Kier alpha value is -2.81. The predicted molar refractivity (Wildman–Crippen MR) is 165 cm³/mol. The number of aliphatic hydroxyl groups excluding tert-OH is 1. The molecular formula is C32H53N3O5. The first kappa shape index (κ1) is 37.2. The number of rotatable bonds is 13. The summed E-state index contributed by atoms with van der Waals surface area (Å²) in [6.07, 6.45) is 4.27. The van der Waals surface area contributed by atoms with Crippen molar-refractivity contribution in [2.24, 2.45) is 17.6 Å². The second-order valence-electron chi connectivity index (χ2n) is 9.98. The van der Waals surface area contributed by atoms with Gasteiger partial charge >= 0.3 is 5.97 Å². The van der Waals surface area contributed by atoms with Crippen molar-refractivity contribution in [3.05, 3.63) is 47.3 Å². The number of ketones is 1. The number of carbonyl (C=O) groups is 2. The fourth-order valence-electron chi connectivity index (χ4n) is 3.65. The van der Waals surface area contributed by atoms with Crippen LogP contribution in [-0.4, -0.2) is 52.8 Å². The quantitative estimate of drug-likeness (QED) is 0.173. The number of aliphatic hydroxyl groups is 1. The van der Waals surface area contributed by atoms with Gasteiger partial charge in [-0.3, -0.25) is 9.59 Å². The molecular weight excluding hydrogens is 506 g/mol. The minimum atomic E-state index is -0.602. The van der Waals surface area contributed by atoms with E-state index in [1.807, 2.05) is 79.7 Å². The lowest BCUT2D eigenvalue weighted by molar-refractivity contribution is -0.146. The SMILES string of the molecule is C/C=C(\C=C(\C)C(=O)C(C)CC)c1nc2cc(CN)ccc2n1CCOC.CC.CC(C)COC(=O)C[C@@H](C)O. The van der Waals surface area contributed by atoms with E-state index in [0.29, 0.717) is 32.2 Å². The van der Waals surface area contributed by atoms with E-state index in [4.69, 9.17) is 25.3 Å². The highest BCUT2D eigenvalue weighted by atomic mass is 16.5. The number of benzene rings is 1. The number of esters is 1. The number of nitrogens with zero attached hydrogens (tertiary/aromatic N) is 2. The third kappa shape index (κ3) is 12.6. The summed E-state index contributed by atoms with van der Waals surface area (Å²) in [7, 11) is 1.69. The average Bonchev–Trinajstić information content (AvgIpc) is 3.30. The molecule has 226 valence electrons. The summed E-state index contributed by atoms with van der Waals surface area (Å²) in [5.41, 5.74) is 10.5. The van der Waals surface area contributed by atoms with Gasteiger partial charge in [-0.2, -0.15) is 0 Å². The van der Waals surface area contributed by atoms with Crippen LogP contribution in [0.1, 0.15) is 86.5 Å². The zero-order chi connectivity index (χ0) is 30.8. The summed E-state index contributed by atoms with van der Waals surface area (Å²) >= 11 is 0. The third-order valence-corrected chi connectivity index (χ3v) is 6.00. The Kier molecular flexibility index (Phi) is 18.7. The normalized spacial score (nSPS) is 13.2. The Morgan fingerprint density at radius 2 is 1.82 bits per heavy atom. The van der Waals surface area contributed by atoms with E-state index < -0.39 is 6.10 Å². The minimum Gasteiger partial charge on any atom is -0.465 e. The van der Waals surface area contributed by atoms with Crippen molar-refractivity contribution in [3.63, 3.8) is 0 Å². The molecule has 0 saturated carbocycles. The zero-order valence-corrected chi connectivity index (χ0v) is 26.4. The monoisotopic (exact) mass is 559 g/mol. The lowest BCUT2D eigenvalue weighted by atomic mass is 9.96. The molecule has 0 aliphatic rings. The fraction of sp³-hybridized carbons (Fsp3) is 0.594. The molecule has 8 heteroatoms. The van der Waals surface area contributed by atoms with Crippen molar-refractivity contribution >= 4 is 28.4 Å². The van der Waals surface area contributed by atoms with Crippen LogP contribution in [0.15, 0.2) is 35.9 Å². The minimum absolute atomic E-state index is 0.0266. The van der Waals surface area contributed by atoms with Gasteiger partial charge in [-0.05, 0) is 62.5 Å². The average molecular weight is 560 g/mol. The number of fused-ring (bicyclic) bond motifs is 1. The van der Waals surface area contributed by atoms with Gasteiger partial charge in [0.1, 0.15) is 5.82 Å². The van der Waals surface area contributed by atoms with Crippen molar-refractivity contribution in [2.75, 3.05) is 20.3 Å². The summed E-state index contributed by atoms with van der Waals surface area (Å²) < 4.78 is 12.2. The Morgan fingerprint density at radius 3 is 2.33 bits per heavy atom. The summed E-state index contributed by atoms with van der Waals surface area (Å²) in [6, 6.07) is 6.11. The van der Waals surface area contributed by atoms with Crippen LogP contribution >= 0.6 is 0 Å². The van der Waals surface area contributed by atoms with E-state index in [0.717, 1.165) is 40.0 Å². The van der Waals surface area contributed by atoms with Gasteiger partial charge in [-0.25, -0.2) is 4.98 Å². The molecule has 8 nitrogen and oxygen atoms in total. The van der Waals surface area contributed by atoms with E-state index in [9.17, 15) is 9.59 Å². The number of Topliss-reactive ketones (excluding diaryl/α,β-unsaturated/α-hetero) is 1. The first-order valence-electron chi connectivity index (χ1n) is 14.4. The van der Waals surface area contributed by atoms with Crippen molar-refractivity contribution in [2.45, 2.75) is 94.3 Å². The van der Waals surface area contributed by atoms with Crippen molar-refractivity contribution in [1.82, 2.24) is 9.55 Å². The number of imidazole rings is 1. The zero-order valence-electron chi connectivity index (χ0n) is 26.4. The van der Waals surface area contributed by atoms with Crippen LogP contribution in [0.2, 0.25) is 0 Å². The molecule has 0 amide bonds. The highest BCUT2D eigenvalue weighted by Gasteiger charge is 2.17. The van der Waals surface area contributed by atoms with Crippen molar-refractivity contribution in [3.8, 4) is 0 Å². The molecule has 0 fully saturated rings. The van der Waals surface area contributed by atoms with Crippen LogP contribution in [0.3, 0.4) is 0 Å². The van der Waals surface area contributed by atoms with Crippen LogP contribution in [-0.2, 0) is 32.2 Å². The van der Waals surface area contributed by atoms with Gasteiger partial charge in [0.2, 0.25) is 0 Å². The number of allylic oxidation sites excluding steroid dienone is 4. The molecule has 0 saturated heterocycles. The first-order valence-corrected chi connectivity index (χ1v) is 14.4. The van der Waals surface area contributed by atoms with E-state index >= 15 is 0 Å². The van der Waals surface area contributed by atoms with Gasteiger partial charge < -0.3 is 24.9 Å². The topological polar surface area (TPSA) is 117 Å². The molecule has 2 rings (SSSR count). The van der Waals surface area contributed by atoms with Gasteiger partial charge in [-0.1, -0.05) is 53.7 Å². The van der Waals surface area contributed by atoms with Gasteiger partial charge in [0, 0.05) is 31.7 Å². The predicted octanol–water partition coefficient (Wildman–Crippen LogP) is 6.09. The second kappa shape index (κ2) is 20.1. The van der Waals surface area contributed by atoms with Crippen molar-refractivity contribution in [1.29, 1.82) is 0 Å². The molecule has 3 N–H and O–H groups in total. The molecule has 1 aromatic heterocycles. The molecule has 40 heavy (non-hydrogen) atoms. The lowest BCUT2D eigenvalue weighted by Gasteiger charge is -2.11. The van der Waals surface area contributed by atoms with Crippen molar-refractivity contribution < 1.29 is 24.2 Å². The number of aromatic nitrogens is 2. The van der Waals surface area contributed by atoms with Crippen LogP contribution in [0.4, 0.5) is 0 Å². The maximum atomic E-state index is 12.5. The Morgan fingerprint density at radius 1 is 1.18 bits per heavy atom. The summed E-state index contributed by atoms with van der Waals surface area (Å²) in [4.78, 5) is 28.1. The number of methoxy groups -OCH3 is 1. The third-order valence-electron chi connectivity index (χ3n) is 6.00. The lowest BCUT2D eigenvalue weighted by Crippen LogP contribution is -2.15. The molecule has 2 atom stereocenters. The number of ether oxygens (including phenoxy) is 2. The van der Waals surface area contributed by atoms with Gasteiger partial charge in [0.05, 0.1) is 36.8 Å². The van der Waals surface area contributed by atoms with Crippen LogP contribution in [0, 0.1) is 11.8 Å². The van der Waals surface area contributed by atoms with E-state index in [-0.39, 0.29) is 24.1 Å². The van der Waals surface area contributed by atoms with E-state index in [1.165, 1.54) is 0 Å². The molecule has 0 radical (unpaired) electrons. The maximum Gasteiger partial charge on any atom is 0.308 e. The second-order valence-corrected chi connectivity index (χ2v) is 9.98. The van der Waals surface area contributed by atoms with Gasteiger partial charge in [0.25, 0.3) is 0 Å². The molecule has 0 aliphatic carbocycles. The standard InChI is InChI=1S/C22H31N3O2.C8H16O3.C2H6/c1-6-15(3)21(26)16(4)12-18(7-2)22-24-19-13-17(14-23)8-9-20(19)25(22)10-11-27-5;1-6(2)5-11-8(10)4-7(3)9;1-2/h7-9,12-13,15H,6,10-11,14,23H2,1-5H3;6-7,9H,4-5H2,1-3H3;1-2H3/b16-12-,18-7+;;/t;7-;/m.1./s1. The Labute approximate surface area is 241 Å². The van der Waals surface area contributed by atoms with E-state index in [2.05, 4.69) is 10.6 Å². The van der Waals surface area contributed by atoms with Crippen LogP contribution in [0.5, 0.6) is 0 Å². The van der Waals surface area contributed by atoms with Gasteiger partial charge in [-0.15, -0.1) is 0 Å². The number of carbonyl (C=O) groups excluding carboxylic acids is 2.